The van der Waals surface area contributed by atoms with Crippen molar-refractivity contribution in [2.24, 2.45) is 5.92 Å². The van der Waals surface area contributed by atoms with E-state index in [-0.39, 0.29) is 11.9 Å². The van der Waals surface area contributed by atoms with Crippen LogP contribution in [0.25, 0.3) is 0 Å². The molecular formula is C12H22O2. The predicted molar refractivity (Wildman–Crippen MR) is 57.1 cm³/mol. The molecule has 1 rings (SSSR count). The summed E-state index contributed by atoms with van der Waals surface area (Å²) in [6.07, 6.45) is 7.79. The zero-order chi connectivity index (χ0) is 10.4. The van der Waals surface area contributed by atoms with Gasteiger partial charge in [-0.1, -0.05) is 32.6 Å². The van der Waals surface area contributed by atoms with Crippen molar-refractivity contribution in [3.05, 3.63) is 0 Å². The van der Waals surface area contributed by atoms with Crippen LogP contribution in [0.5, 0.6) is 0 Å². The molecule has 0 aromatic heterocycles. The van der Waals surface area contributed by atoms with E-state index in [1.807, 2.05) is 0 Å². The minimum atomic E-state index is -0.349. The SMILES string of the molecule is CCCCCCC1CCC(=O)CC1O. The summed E-state index contributed by atoms with van der Waals surface area (Å²) in [6.45, 7) is 2.20. The van der Waals surface area contributed by atoms with Crippen LogP contribution in [0, 0.1) is 5.92 Å². The lowest BCUT2D eigenvalue weighted by Crippen LogP contribution is -2.29. The Morgan fingerprint density at radius 2 is 2.14 bits per heavy atom. The molecule has 2 atom stereocenters. The van der Waals surface area contributed by atoms with E-state index in [4.69, 9.17) is 0 Å². The summed E-state index contributed by atoms with van der Waals surface area (Å²) in [4.78, 5) is 11.0. The first-order valence-electron chi connectivity index (χ1n) is 5.93. The van der Waals surface area contributed by atoms with Crippen LogP contribution in [0.4, 0.5) is 0 Å². The van der Waals surface area contributed by atoms with Gasteiger partial charge in [0.2, 0.25) is 0 Å². The first-order valence-corrected chi connectivity index (χ1v) is 5.93. The fourth-order valence-electron chi connectivity index (χ4n) is 2.21. The summed E-state index contributed by atoms with van der Waals surface area (Å²) in [6, 6.07) is 0. The second kappa shape index (κ2) is 6.18. The third-order valence-electron chi connectivity index (χ3n) is 3.20. The standard InChI is InChI=1S/C12H22O2/c1-2-3-4-5-6-10-7-8-11(13)9-12(10)14/h10,12,14H,2-9H2,1H3. The summed E-state index contributed by atoms with van der Waals surface area (Å²) in [5.41, 5.74) is 0. The van der Waals surface area contributed by atoms with Gasteiger partial charge in [0.25, 0.3) is 0 Å². The lowest BCUT2D eigenvalue weighted by Gasteiger charge is -2.26. The Balaban J connectivity index is 2.14. The molecule has 0 saturated heterocycles. The molecule has 0 aliphatic heterocycles. The van der Waals surface area contributed by atoms with E-state index in [0.29, 0.717) is 18.8 Å². The fraction of sp³-hybridized carbons (Fsp3) is 0.917. The number of Topliss-reactive ketones (excluding diaryl/α,β-unsaturated/α-hetero) is 1. The van der Waals surface area contributed by atoms with Crippen LogP contribution in [0.1, 0.15) is 58.3 Å². The second-order valence-corrected chi connectivity index (χ2v) is 4.46. The van der Waals surface area contributed by atoms with Crippen molar-refractivity contribution in [3.63, 3.8) is 0 Å². The molecule has 1 aliphatic carbocycles. The quantitative estimate of drug-likeness (QED) is 0.690. The normalized spacial score (nSPS) is 28.0. The molecule has 2 heteroatoms. The summed E-state index contributed by atoms with van der Waals surface area (Å²) in [5, 5.41) is 9.68. The van der Waals surface area contributed by atoms with Crippen LogP contribution in [0.2, 0.25) is 0 Å². The third kappa shape index (κ3) is 3.79. The van der Waals surface area contributed by atoms with Gasteiger partial charge in [-0.05, 0) is 18.8 Å². The molecule has 0 radical (unpaired) electrons. The number of unbranched alkanes of at least 4 members (excludes halogenated alkanes) is 3. The number of hydrogen-bond acceptors (Lipinski definition) is 2. The highest BCUT2D eigenvalue weighted by Crippen LogP contribution is 2.26. The van der Waals surface area contributed by atoms with E-state index in [9.17, 15) is 9.90 Å². The first-order chi connectivity index (χ1) is 6.74. The maximum Gasteiger partial charge on any atom is 0.135 e. The van der Waals surface area contributed by atoms with Gasteiger partial charge in [-0.15, -0.1) is 0 Å². The Morgan fingerprint density at radius 3 is 2.79 bits per heavy atom. The molecule has 2 nitrogen and oxygen atoms in total. The van der Waals surface area contributed by atoms with Crippen LogP contribution in [-0.2, 0) is 4.79 Å². The maximum atomic E-state index is 11.0. The number of rotatable bonds is 5. The monoisotopic (exact) mass is 198 g/mol. The minimum absolute atomic E-state index is 0.238. The van der Waals surface area contributed by atoms with Crippen molar-refractivity contribution in [3.8, 4) is 0 Å². The van der Waals surface area contributed by atoms with Gasteiger partial charge in [-0.3, -0.25) is 4.79 Å². The van der Waals surface area contributed by atoms with E-state index in [0.717, 1.165) is 12.8 Å². The highest BCUT2D eigenvalue weighted by atomic mass is 16.3. The molecule has 0 bridgehead atoms. The lowest BCUT2D eigenvalue weighted by atomic mass is 9.82. The molecule has 0 aromatic carbocycles. The molecular weight excluding hydrogens is 176 g/mol. The average molecular weight is 198 g/mol. The smallest absolute Gasteiger partial charge is 0.135 e. The zero-order valence-corrected chi connectivity index (χ0v) is 9.17. The highest BCUT2D eigenvalue weighted by Gasteiger charge is 2.26. The number of aliphatic hydroxyl groups is 1. The van der Waals surface area contributed by atoms with Crippen molar-refractivity contribution < 1.29 is 9.90 Å². The van der Waals surface area contributed by atoms with Crippen molar-refractivity contribution in [1.29, 1.82) is 0 Å². The molecule has 1 saturated carbocycles. The molecule has 0 amide bonds. The van der Waals surface area contributed by atoms with Gasteiger partial charge in [0.05, 0.1) is 6.10 Å². The molecule has 14 heavy (non-hydrogen) atoms. The summed E-state index contributed by atoms with van der Waals surface area (Å²) in [5.74, 6) is 0.631. The van der Waals surface area contributed by atoms with Crippen molar-refractivity contribution in [2.45, 2.75) is 64.4 Å². The Kier molecular flexibility index (Phi) is 5.16. The third-order valence-corrected chi connectivity index (χ3v) is 3.20. The van der Waals surface area contributed by atoms with Gasteiger partial charge >= 0.3 is 0 Å². The maximum absolute atomic E-state index is 11.0. The molecule has 0 heterocycles. The Bertz CT molecular complexity index is 177. The number of carbonyl (C=O) groups excluding carboxylic acids is 1. The van der Waals surface area contributed by atoms with Crippen LogP contribution in [0.15, 0.2) is 0 Å². The van der Waals surface area contributed by atoms with Crippen LogP contribution >= 0.6 is 0 Å². The zero-order valence-electron chi connectivity index (χ0n) is 9.17. The van der Waals surface area contributed by atoms with Gasteiger partial charge in [0.1, 0.15) is 5.78 Å². The molecule has 2 unspecified atom stereocenters. The molecule has 1 aliphatic rings. The van der Waals surface area contributed by atoms with Crippen molar-refractivity contribution in [2.75, 3.05) is 0 Å². The number of aliphatic hydroxyl groups excluding tert-OH is 1. The van der Waals surface area contributed by atoms with Gasteiger partial charge in [0, 0.05) is 12.8 Å². The van der Waals surface area contributed by atoms with Gasteiger partial charge in [-0.25, -0.2) is 0 Å². The van der Waals surface area contributed by atoms with Crippen LogP contribution in [0.3, 0.4) is 0 Å². The predicted octanol–water partition coefficient (Wildman–Crippen LogP) is 2.69. The van der Waals surface area contributed by atoms with Gasteiger partial charge in [0.15, 0.2) is 0 Å². The molecule has 0 aromatic rings. The largest absolute Gasteiger partial charge is 0.392 e. The molecule has 1 fully saturated rings. The minimum Gasteiger partial charge on any atom is -0.392 e. The first kappa shape index (κ1) is 11.7. The molecule has 0 spiro atoms. The summed E-state index contributed by atoms with van der Waals surface area (Å²) < 4.78 is 0. The summed E-state index contributed by atoms with van der Waals surface area (Å²) >= 11 is 0. The Hall–Kier alpha value is -0.370. The van der Waals surface area contributed by atoms with E-state index >= 15 is 0 Å². The summed E-state index contributed by atoms with van der Waals surface area (Å²) in [7, 11) is 0. The number of carbonyl (C=O) groups is 1. The highest BCUT2D eigenvalue weighted by molar-refractivity contribution is 5.79. The van der Waals surface area contributed by atoms with Gasteiger partial charge < -0.3 is 5.11 Å². The van der Waals surface area contributed by atoms with E-state index < -0.39 is 0 Å². The number of ketones is 1. The van der Waals surface area contributed by atoms with Crippen molar-refractivity contribution in [1.82, 2.24) is 0 Å². The van der Waals surface area contributed by atoms with E-state index in [1.165, 1.54) is 25.7 Å². The fourth-order valence-corrected chi connectivity index (χ4v) is 2.21. The van der Waals surface area contributed by atoms with Crippen LogP contribution < -0.4 is 0 Å². The lowest BCUT2D eigenvalue weighted by molar-refractivity contribution is -0.124. The average Bonchev–Trinajstić information content (AvgIpc) is 2.15. The molecule has 1 N–H and O–H groups in total. The second-order valence-electron chi connectivity index (χ2n) is 4.46. The van der Waals surface area contributed by atoms with Crippen LogP contribution in [-0.4, -0.2) is 17.0 Å². The van der Waals surface area contributed by atoms with E-state index in [1.54, 1.807) is 0 Å². The topological polar surface area (TPSA) is 37.3 Å². The molecule has 82 valence electrons. The van der Waals surface area contributed by atoms with E-state index in [2.05, 4.69) is 6.92 Å². The Morgan fingerprint density at radius 1 is 1.36 bits per heavy atom. The number of hydrogen-bond donors (Lipinski definition) is 1. The Labute approximate surface area is 86.7 Å². The van der Waals surface area contributed by atoms with Crippen molar-refractivity contribution >= 4 is 5.78 Å². The van der Waals surface area contributed by atoms with Gasteiger partial charge in [-0.2, -0.15) is 0 Å².